The number of nitrogens with zero attached hydrogens (tertiary/aromatic N) is 1. The van der Waals surface area contributed by atoms with Crippen LogP contribution in [0.2, 0.25) is 0 Å². The topological polar surface area (TPSA) is 92.5 Å². The van der Waals surface area contributed by atoms with Crippen LogP contribution in [-0.2, 0) is 14.8 Å². The van der Waals surface area contributed by atoms with E-state index in [9.17, 15) is 17.6 Å². The quantitative estimate of drug-likeness (QED) is 0.849. The summed E-state index contributed by atoms with van der Waals surface area (Å²) in [5.41, 5.74) is 6.02. The van der Waals surface area contributed by atoms with Gasteiger partial charge in [-0.2, -0.15) is 0 Å². The highest BCUT2D eigenvalue weighted by atomic mass is 35.5. The Balaban J connectivity index is 0.00000264. The van der Waals surface area contributed by atoms with Crippen molar-refractivity contribution in [1.82, 2.24) is 0 Å². The molecule has 2 rings (SSSR count). The molecule has 1 amide bonds. The van der Waals surface area contributed by atoms with E-state index < -0.39 is 27.8 Å². The molecule has 0 aliphatic carbocycles. The number of halogens is 2. The second kappa shape index (κ2) is 7.46. The monoisotopic (exact) mass is 365 g/mol. The molecule has 0 aromatic heterocycles. The number of benzene rings is 1. The average molecular weight is 366 g/mol. The molecule has 0 spiro atoms. The Labute approximate surface area is 141 Å². The molecule has 1 aliphatic rings. The lowest BCUT2D eigenvalue weighted by molar-refractivity contribution is -0.118. The first kappa shape index (κ1) is 19.7. The molecule has 6 nitrogen and oxygen atoms in total. The fraction of sp³-hybridized carbons (Fsp3) is 0.500. The molecule has 9 heteroatoms. The molecule has 1 heterocycles. The first-order chi connectivity index (χ1) is 10.2. The minimum atomic E-state index is -3.48. The summed E-state index contributed by atoms with van der Waals surface area (Å²) >= 11 is 0. The number of sulfonamides is 1. The normalized spacial score (nSPS) is 17.7. The van der Waals surface area contributed by atoms with Crippen LogP contribution in [0.15, 0.2) is 18.2 Å². The maximum absolute atomic E-state index is 13.9. The molecule has 1 aromatic rings. The maximum Gasteiger partial charge on any atom is 0.241 e. The van der Waals surface area contributed by atoms with Gasteiger partial charge in [-0.1, -0.05) is 13.8 Å². The lowest BCUT2D eigenvalue weighted by atomic mass is 10.0. The van der Waals surface area contributed by atoms with E-state index in [0.717, 1.165) is 10.4 Å². The molecule has 0 unspecified atom stereocenters. The number of amides is 1. The van der Waals surface area contributed by atoms with Gasteiger partial charge in [-0.25, -0.2) is 12.8 Å². The van der Waals surface area contributed by atoms with Crippen molar-refractivity contribution >= 4 is 39.7 Å². The van der Waals surface area contributed by atoms with Crippen molar-refractivity contribution in [2.75, 3.05) is 21.9 Å². The Morgan fingerprint density at radius 3 is 2.57 bits per heavy atom. The number of anilines is 2. The molecular formula is C14H21ClFN3O3S. The second-order valence-electron chi connectivity index (χ2n) is 5.67. The van der Waals surface area contributed by atoms with Gasteiger partial charge in [0.2, 0.25) is 15.9 Å². The predicted octanol–water partition coefficient (Wildman–Crippen LogP) is 1.71. The van der Waals surface area contributed by atoms with Crippen LogP contribution >= 0.6 is 12.4 Å². The lowest BCUT2D eigenvalue weighted by Gasteiger charge is -2.20. The van der Waals surface area contributed by atoms with Crippen molar-refractivity contribution in [3.8, 4) is 0 Å². The molecule has 1 atom stereocenters. The van der Waals surface area contributed by atoms with Crippen molar-refractivity contribution in [1.29, 1.82) is 0 Å². The molecule has 1 saturated heterocycles. The highest BCUT2D eigenvalue weighted by Crippen LogP contribution is 2.29. The Morgan fingerprint density at radius 1 is 1.39 bits per heavy atom. The number of nitrogens with two attached hydrogens (primary N) is 1. The molecule has 23 heavy (non-hydrogen) atoms. The van der Waals surface area contributed by atoms with Crippen molar-refractivity contribution in [2.24, 2.45) is 11.7 Å². The van der Waals surface area contributed by atoms with Gasteiger partial charge in [0.25, 0.3) is 0 Å². The van der Waals surface area contributed by atoms with Gasteiger partial charge in [0.1, 0.15) is 5.82 Å². The predicted molar refractivity (Wildman–Crippen MR) is 90.8 cm³/mol. The zero-order chi connectivity index (χ0) is 16.5. The number of hydrogen-bond acceptors (Lipinski definition) is 4. The summed E-state index contributed by atoms with van der Waals surface area (Å²) in [5.74, 6) is -1.08. The molecule has 3 N–H and O–H groups in total. The highest BCUT2D eigenvalue weighted by molar-refractivity contribution is 7.93. The standard InChI is InChI=1S/C14H20FN3O3S.ClH/c1-9(2)13(16)14(19)17-10-4-5-11(15)12(8-10)18-6-3-7-22(18,20)21;/h4-5,8-9,13H,3,6-7,16H2,1-2H3,(H,17,19);1H/t13-;/m0./s1. The van der Waals surface area contributed by atoms with Crippen molar-refractivity contribution < 1.29 is 17.6 Å². The number of nitrogens with one attached hydrogen (secondary N) is 1. The minimum Gasteiger partial charge on any atom is -0.325 e. The number of hydrogen-bond donors (Lipinski definition) is 2. The maximum atomic E-state index is 13.9. The third-order valence-corrected chi connectivity index (χ3v) is 5.46. The van der Waals surface area contributed by atoms with Gasteiger partial charge in [0, 0.05) is 12.2 Å². The highest BCUT2D eigenvalue weighted by Gasteiger charge is 2.30. The molecule has 0 saturated carbocycles. The summed E-state index contributed by atoms with van der Waals surface area (Å²) in [7, 11) is -3.48. The van der Waals surface area contributed by atoms with Gasteiger partial charge >= 0.3 is 0 Å². The first-order valence-electron chi connectivity index (χ1n) is 7.09. The largest absolute Gasteiger partial charge is 0.325 e. The van der Waals surface area contributed by atoms with Gasteiger partial charge in [0.15, 0.2) is 0 Å². The zero-order valence-electron chi connectivity index (χ0n) is 13.0. The fourth-order valence-electron chi connectivity index (χ4n) is 2.22. The van der Waals surface area contributed by atoms with Crippen molar-refractivity contribution in [3.05, 3.63) is 24.0 Å². The van der Waals surface area contributed by atoms with Crippen LogP contribution in [0.5, 0.6) is 0 Å². The molecule has 130 valence electrons. The zero-order valence-corrected chi connectivity index (χ0v) is 14.6. The smallest absolute Gasteiger partial charge is 0.241 e. The van der Waals surface area contributed by atoms with Crippen molar-refractivity contribution in [2.45, 2.75) is 26.3 Å². The van der Waals surface area contributed by atoms with Gasteiger partial charge in [-0.05, 0) is 30.5 Å². The van der Waals surface area contributed by atoms with Crippen LogP contribution in [-0.4, -0.2) is 32.7 Å². The Kier molecular flexibility index (Phi) is 6.38. The Hall–Kier alpha value is -1.38. The molecule has 1 aromatic carbocycles. The van der Waals surface area contributed by atoms with Crippen LogP contribution in [0.25, 0.3) is 0 Å². The number of rotatable bonds is 4. The van der Waals surface area contributed by atoms with Crippen LogP contribution in [0.1, 0.15) is 20.3 Å². The average Bonchev–Trinajstić information content (AvgIpc) is 2.79. The van der Waals surface area contributed by atoms with E-state index >= 15 is 0 Å². The van der Waals surface area contributed by atoms with E-state index in [1.807, 2.05) is 13.8 Å². The summed E-state index contributed by atoms with van der Waals surface area (Å²) in [6, 6.07) is 3.15. The van der Waals surface area contributed by atoms with Crippen molar-refractivity contribution in [3.63, 3.8) is 0 Å². The van der Waals surface area contributed by atoms with E-state index in [1.165, 1.54) is 12.1 Å². The summed E-state index contributed by atoms with van der Waals surface area (Å²) < 4.78 is 38.8. The van der Waals surface area contributed by atoms with E-state index in [0.29, 0.717) is 12.1 Å². The summed E-state index contributed by atoms with van der Waals surface area (Å²) in [4.78, 5) is 11.9. The summed E-state index contributed by atoms with van der Waals surface area (Å²) in [6.45, 7) is 3.87. The molecule has 1 aliphatic heterocycles. The van der Waals surface area contributed by atoms with Gasteiger partial charge in [0.05, 0.1) is 17.5 Å². The summed E-state index contributed by atoms with van der Waals surface area (Å²) in [6.07, 6.45) is 0.455. The minimum absolute atomic E-state index is 0. The second-order valence-corrected chi connectivity index (χ2v) is 7.68. The van der Waals surface area contributed by atoms with Crippen LogP contribution < -0.4 is 15.4 Å². The number of carbonyl (C=O) groups is 1. The third kappa shape index (κ3) is 4.33. The Morgan fingerprint density at radius 2 is 2.04 bits per heavy atom. The van der Waals surface area contributed by atoms with E-state index in [1.54, 1.807) is 0 Å². The van der Waals surface area contributed by atoms with Crippen LogP contribution in [0.4, 0.5) is 15.8 Å². The Bertz CT molecular complexity index is 682. The molecule has 1 fully saturated rings. The molecular weight excluding hydrogens is 345 g/mol. The summed E-state index contributed by atoms with van der Waals surface area (Å²) in [5, 5.41) is 2.59. The van der Waals surface area contributed by atoms with Gasteiger partial charge < -0.3 is 11.1 Å². The van der Waals surface area contributed by atoms with E-state index in [2.05, 4.69) is 5.32 Å². The van der Waals surface area contributed by atoms with Crippen LogP contribution in [0.3, 0.4) is 0 Å². The molecule has 0 bridgehead atoms. The molecule has 0 radical (unpaired) electrons. The fourth-order valence-corrected chi connectivity index (χ4v) is 3.78. The van der Waals surface area contributed by atoms with Gasteiger partial charge in [-0.15, -0.1) is 12.4 Å². The van der Waals surface area contributed by atoms with Crippen LogP contribution in [0, 0.1) is 11.7 Å². The van der Waals surface area contributed by atoms with E-state index in [4.69, 9.17) is 5.73 Å². The number of carbonyl (C=O) groups excluding carboxylic acids is 1. The van der Waals surface area contributed by atoms with E-state index in [-0.39, 0.29) is 36.3 Å². The first-order valence-corrected chi connectivity index (χ1v) is 8.69. The SMILES string of the molecule is CC(C)[C@H](N)C(=O)Nc1ccc(F)c(N2CCCS2(=O)=O)c1.Cl. The van der Waals surface area contributed by atoms with Gasteiger partial charge in [-0.3, -0.25) is 9.10 Å². The third-order valence-electron chi connectivity index (χ3n) is 3.60. The lowest BCUT2D eigenvalue weighted by Crippen LogP contribution is -2.39.